The first-order chi connectivity index (χ1) is 7.27. The van der Waals surface area contributed by atoms with Crippen LogP contribution >= 0.6 is 0 Å². The van der Waals surface area contributed by atoms with Crippen molar-refractivity contribution in [3.8, 4) is 0 Å². The minimum absolute atomic E-state index is 0.123. The molecule has 0 saturated carbocycles. The van der Waals surface area contributed by atoms with Crippen LogP contribution in [-0.4, -0.2) is 0 Å². The van der Waals surface area contributed by atoms with Crippen LogP contribution in [0.2, 0.25) is 0 Å². The third kappa shape index (κ3) is 2.40. The molecule has 0 saturated heterocycles. The van der Waals surface area contributed by atoms with Crippen molar-refractivity contribution in [3.05, 3.63) is 28.2 Å². The predicted molar refractivity (Wildman–Crippen MR) is 69.1 cm³/mol. The van der Waals surface area contributed by atoms with Gasteiger partial charge in [0.15, 0.2) is 0 Å². The Labute approximate surface area is 97.0 Å². The molecule has 16 heavy (non-hydrogen) atoms. The van der Waals surface area contributed by atoms with Crippen LogP contribution in [0.4, 0.5) is 11.4 Å². The third-order valence-electron chi connectivity index (χ3n) is 2.73. The van der Waals surface area contributed by atoms with Gasteiger partial charge in [-0.2, -0.15) is 0 Å². The molecule has 3 heteroatoms. The topological polar surface area (TPSA) is 55.4 Å². The minimum Gasteiger partial charge on any atom is -0.397 e. The molecule has 0 unspecified atom stereocenters. The van der Waals surface area contributed by atoms with Crippen molar-refractivity contribution in [1.82, 2.24) is 0 Å². The summed E-state index contributed by atoms with van der Waals surface area (Å²) >= 11 is 0. The molecule has 0 aliphatic rings. The predicted octanol–water partition coefficient (Wildman–Crippen LogP) is 4.09. The lowest BCUT2D eigenvalue weighted by Gasteiger charge is -2.23. The quantitative estimate of drug-likeness (QED) is 0.603. The van der Waals surface area contributed by atoms with Gasteiger partial charge in [0.1, 0.15) is 5.69 Å². The molecule has 2 N–H and O–H groups in total. The largest absolute Gasteiger partial charge is 0.397 e. The van der Waals surface area contributed by atoms with Crippen LogP contribution in [-0.2, 0) is 5.41 Å². The summed E-state index contributed by atoms with van der Waals surface area (Å²) in [5.41, 5.74) is 8.68. The molecule has 1 rings (SSSR count). The molecule has 0 spiro atoms. The van der Waals surface area contributed by atoms with Gasteiger partial charge < -0.3 is 5.73 Å². The number of nitrogen functional groups attached to an aromatic ring is 1. The van der Waals surface area contributed by atoms with Crippen molar-refractivity contribution in [1.29, 1.82) is 0 Å². The Kier molecular flexibility index (Phi) is 3.36. The van der Waals surface area contributed by atoms with E-state index in [1.165, 1.54) is 0 Å². The third-order valence-corrected chi connectivity index (χ3v) is 2.73. The summed E-state index contributed by atoms with van der Waals surface area (Å²) in [6.07, 6.45) is 0. The fraction of sp³-hybridized carbons (Fsp3) is 0.538. The lowest BCUT2D eigenvalue weighted by molar-refractivity contribution is 0.590. The van der Waals surface area contributed by atoms with E-state index in [4.69, 9.17) is 5.73 Å². The highest BCUT2D eigenvalue weighted by Gasteiger charge is 2.22. The van der Waals surface area contributed by atoms with Gasteiger partial charge >= 0.3 is 0 Å². The highest BCUT2D eigenvalue weighted by Crippen LogP contribution is 2.38. The average molecular weight is 220 g/mol. The molecule has 0 aliphatic heterocycles. The molecule has 0 atom stereocenters. The smallest absolute Gasteiger partial charge is 0.134 e. The zero-order valence-electron chi connectivity index (χ0n) is 10.7. The van der Waals surface area contributed by atoms with E-state index in [0.29, 0.717) is 17.3 Å². The molecule has 0 aliphatic carbocycles. The van der Waals surface area contributed by atoms with Crippen molar-refractivity contribution in [2.45, 2.75) is 46.0 Å². The number of anilines is 1. The number of hydrogen-bond donors (Lipinski definition) is 1. The molecular formula is C13H20N2O. The van der Waals surface area contributed by atoms with E-state index in [9.17, 15) is 4.91 Å². The summed E-state index contributed by atoms with van der Waals surface area (Å²) in [7, 11) is 0. The first-order valence-corrected chi connectivity index (χ1v) is 5.54. The van der Waals surface area contributed by atoms with Gasteiger partial charge in [-0.3, -0.25) is 0 Å². The number of nitrogens with zero attached hydrogens (tertiary/aromatic N) is 1. The van der Waals surface area contributed by atoms with Gasteiger partial charge in [0.2, 0.25) is 0 Å². The van der Waals surface area contributed by atoms with Crippen LogP contribution in [0.3, 0.4) is 0 Å². The summed E-state index contributed by atoms with van der Waals surface area (Å²) in [6, 6.07) is 3.88. The maximum Gasteiger partial charge on any atom is 0.134 e. The number of benzene rings is 1. The Hall–Kier alpha value is -1.38. The van der Waals surface area contributed by atoms with E-state index in [1.54, 1.807) is 0 Å². The molecule has 0 radical (unpaired) electrons. The summed E-state index contributed by atoms with van der Waals surface area (Å²) < 4.78 is 0. The Morgan fingerprint density at radius 1 is 1.25 bits per heavy atom. The monoisotopic (exact) mass is 220 g/mol. The van der Waals surface area contributed by atoms with Gasteiger partial charge in [-0.25, -0.2) is 0 Å². The van der Waals surface area contributed by atoms with Crippen molar-refractivity contribution in [3.63, 3.8) is 0 Å². The standard InChI is InChI=1S/C13H20N2O/c1-8(2)9-6-10(13(3,4)5)12(15-16)11(14)7-9/h6-8H,14H2,1-5H3. The van der Waals surface area contributed by atoms with Crippen LogP contribution in [0, 0.1) is 4.91 Å². The van der Waals surface area contributed by atoms with Gasteiger partial charge in [-0.15, -0.1) is 4.91 Å². The second-order valence-corrected chi connectivity index (χ2v) is 5.50. The summed E-state index contributed by atoms with van der Waals surface area (Å²) in [6.45, 7) is 10.4. The molecule has 0 aromatic heterocycles. The normalized spacial score (nSPS) is 11.9. The Morgan fingerprint density at radius 2 is 1.81 bits per heavy atom. The molecule has 1 aromatic rings. The molecule has 0 heterocycles. The van der Waals surface area contributed by atoms with Gasteiger partial charge in [0.05, 0.1) is 5.69 Å². The van der Waals surface area contributed by atoms with Gasteiger partial charge in [-0.05, 0) is 33.7 Å². The van der Waals surface area contributed by atoms with E-state index in [1.807, 2.05) is 12.1 Å². The van der Waals surface area contributed by atoms with Crippen molar-refractivity contribution in [2.24, 2.45) is 5.18 Å². The Bertz CT molecular complexity index is 403. The fourth-order valence-electron chi connectivity index (χ4n) is 1.69. The lowest BCUT2D eigenvalue weighted by Crippen LogP contribution is -2.13. The van der Waals surface area contributed by atoms with E-state index in [0.717, 1.165) is 11.1 Å². The van der Waals surface area contributed by atoms with E-state index < -0.39 is 0 Å². The van der Waals surface area contributed by atoms with Gasteiger partial charge in [0.25, 0.3) is 0 Å². The minimum atomic E-state index is -0.123. The van der Waals surface area contributed by atoms with Gasteiger partial charge in [-0.1, -0.05) is 40.7 Å². The summed E-state index contributed by atoms with van der Waals surface area (Å²) in [5, 5.41) is 3.06. The van der Waals surface area contributed by atoms with Crippen molar-refractivity contribution >= 4 is 11.4 Å². The van der Waals surface area contributed by atoms with Crippen molar-refractivity contribution < 1.29 is 0 Å². The molecule has 0 bridgehead atoms. The molecule has 1 aromatic carbocycles. The van der Waals surface area contributed by atoms with E-state index >= 15 is 0 Å². The van der Waals surface area contributed by atoms with Crippen molar-refractivity contribution in [2.75, 3.05) is 5.73 Å². The van der Waals surface area contributed by atoms with Crippen LogP contribution in [0.5, 0.6) is 0 Å². The fourth-order valence-corrected chi connectivity index (χ4v) is 1.69. The number of rotatable bonds is 2. The SMILES string of the molecule is CC(C)c1cc(N)c(N=O)c(C(C)(C)C)c1. The van der Waals surface area contributed by atoms with E-state index in [-0.39, 0.29) is 5.41 Å². The van der Waals surface area contributed by atoms with Gasteiger partial charge in [0, 0.05) is 0 Å². The molecular weight excluding hydrogens is 200 g/mol. The second kappa shape index (κ2) is 4.24. The molecule has 3 nitrogen and oxygen atoms in total. The van der Waals surface area contributed by atoms with Crippen LogP contribution in [0.1, 0.15) is 51.7 Å². The highest BCUT2D eigenvalue weighted by atomic mass is 16.3. The molecule has 88 valence electrons. The molecule has 0 fully saturated rings. The zero-order valence-corrected chi connectivity index (χ0v) is 10.7. The van der Waals surface area contributed by atoms with E-state index in [2.05, 4.69) is 39.8 Å². The average Bonchev–Trinajstić information content (AvgIpc) is 2.14. The Morgan fingerprint density at radius 3 is 2.19 bits per heavy atom. The second-order valence-electron chi connectivity index (χ2n) is 5.50. The zero-order chi connectivity index (χ0) is 12.5. The first-order valence-electron chi connectivity index (χ1n) is 5.54. The van der Waals surface area contributed by atoms with Crippen LogP contribution in [0.25, 0.3) is 0 Å². The highest BCUT2D eigenvalue weighted by molar-refractivity contribution is 5.69. The first kappa shape index (κ1) is 12.7. The maximum absolute atomic E-state index is 10.8. The lowest BCUT2D eigenvalue weighted by atomic mass is 9.83. The number of hydrogen-bond acceptors (Lipinski definition) is 3. The number of nitroso groups, excluding NO2 is 1. The summed E-state index contributed by atoms with van der Waals surface area (Å²) in [5.74, 6) is 0.393. The number of nitrogens with two attached hydrogens (primary N) is 1. The maximum atomic E-state index is 10.8. The van der Waals surface area contributed by atoms with Crippen LogP contribution < -0.4 is 5.73 Å². The Balaban J connectivity index is 3.49. The summed E-state index contributed by atoms with van der Waals surface area (Å²) in [4.78, 5) is 10.8. The van der Waals surface area contributed by atoms with Crippen LogP contribution in [0.15, 0.2) is 17.3 Å². The molecule has 0 amide bonds.